The molecule has 5 heteroatoms. The summed E-state index contributed by atoms with van der Waals surface area (Å²) in [6, 6.07) is 9.70. The number of rotatable bonds is 3. The number of benzene rings is 2. The average Bonchev–Trinajstić information content (AvgIpc) is 2.39. The molecular formula is C15H12FNO3. The first kappa shape index (κ1) is 13.7. The molecule has 102 valence electrons. The highest BCUT2D eigenvalue weighted by atomic mass is 19.1. The van der Waals surface area contributed by atoms with Crippen LogP contribution < -0.4 is 5.32 Å². The minimum atomic E-state index is -1.03. The molecule has 0 spiro atoms. The summed E-state index contributed by atoms with van der Waals surface area (Å²) in [5.74, 6) is -1.80. The molecule has 0 aromatic heterocycles. The topological polar surface area (TPSA) is 66.4 Å². The molecule has 2 aromatic carbocycles. The van der Waals surface area contributed by atoms with Crippen molar-refractivity contribution in [2.24, 2.45) is 0 Å². The molecule has 0 aliphatic heterocycles. The van der Waals surface area contributed by atoms with E-state index in [9.17, 15) is 14.0 Å². The van der Waals surface area contributed by atoms with E-state index >= 15 is 0 Å². The zero-order chi connectivity index (χ0) is 14.7. The predicted octanol–water partition coefficient (Wildman–Crippen LogP) is 3.08. The van der Waals surface area contributed by atoms with E-state index in [4.69, 9.17) is 5.11 Å². The van der Waals surface area contributed by atoms with Gasteiger partial charge in [-0.2, -0.15) is 0 Å². The number of carbonyl (C=O) groups is 2. The highest BCUT2D eigenvalue weighted by Crippen LogP contribution is 2.14. The van der Waals surface area contributed by atoms with Crippen LogP contribution in [0.3, 0.4) is 0 Å². The number of carbonyl (C=O) groups excluding carboxylic acids is 1. The van der Waals surface area contributed by atoms with Gasteiger partial charge in [0, 0.05) is 11.3 Å². The van der Waals surface area contributed by atoms with Crippen molar-refractivity contribution in [1.82, 2.24) is 0 Å². The molecule has 4 nitrogen and oxygen atoms in total. The molecule has 2 aromatic rings. The number of anilines is 1. The van der Waals surface area contributed by atoms with Gasteiger partial charge in [0.1, 0.15) is 5.82 Å². The smallest absolute Gasteiger partial charge is 0.335 e. The van der Waals surface area contributed by atoms with E-state index in [1.54, 1.807) is 6.92 Å². The third-order valence-electron chi connectivity index (χ3n) is 2.82. The van der Waals surface area contributed by atoms with Gasteiger partial charge in [0.05, 0.1) is 5.56 Å². The van der Waals surface area contributed by atoms with Crippen LogP contribution in [0.2, 0.25) is 0 Å². The van der Waals surface area contributed by atoms with E-state index in [0.717, 1.165) is 0 Å². The Morgan fingerprint density at radius 3 is 2.30 bits per heavy atom. The molecule has 0 saturated heterocycles. The molecule has 0 fully saturated rings. The second kappa shape index (κ2) is 5.52. The van der Waals surface area contributed by atoms with Gasteiger partial charge in [-0.15, -0.1) is 0 Å². The number of hydrogen-bond acceptors (Lipinski definition) is 2. The van der Waals surface area contributed by atoms with Crippen molar-refractivity contribution in [3.05, 3.63) is 65.0 Å². The molecule has 0 unspecified atom stereocenters. The Balaban J connectivity index is 2.17. The summed E-state index contributed by atoms with van der Waals surface area (Å²) in [4.78, 5) is 22.7. The maximum atomic E-state index is 13.0. The second-order valence-corrected chi connectivity index (χ2v) is 4.30. The zero-order valence-corrected chi connectivity index (χ0v) is 10.7. The monoisotopic (exact) mass is 273 g/mol. The third kappa shape index (κ3) is 3.00. The first-order valence-electron chi connectivity index (χ1n) is 5.88. The fourth-order valence-corrected chi connectivity index (χ4v) is 1.78. The fourth-order valence-electron chi connectivity index (χ4n) is 1.78. The van der Waals surface area contributed by atoms with E-state index in [0.29, 0.717) is 16.8 Å². The molecule has 0 radical (unpaired) electrons. The Morgan fingerprint density at radius 2 is 1.75 bits per heavy atom. The highest BCUT2D eigenvalue weighted by Gasteiger charge is 2.10. The predicted molar refractivity (Wildman–Crippen MR) is 72.5 cm³/mol. The summed E-state index contributed by atoms with van der Waals surface area (Å²) in [6.45, 7) is 1.64. The molecular weight excluding hydrogens is 261 g/mol. The number of carboxylic acid groups (broad SMARTS) is 1. The number of aryl methyl sites for hydroxylation is 1. The summed E-state index contributed by atoms with van der Waals surface area (Å²) < 4.78 is 13.0. The highest BCUT2D eigenvalue weighted by molar-refractivity contribution is 6.05. The average molecular weight is 273 g/mol. The summed E-state index contributed by atoms with van der Waals surface area (Å²) in [6.07, 6.45) is 0. The lowest BCUT2D eigenvalue weighted by molar-refractivity contribution is 0.0696. The van der Waals surface area contributed by atoms with Gasteiger partial charge in [0.2, 0.25) is 0 Å². The summed E-state index contributed by atoms with van der Waals surface area (Å²) in [7, 11) is 0. The largest absolute Gasteiger partial charge is 0.478 e. The first-order chi connectivity index (χ1) is 9.47. The van der Waals surface area contributed by atoms with Crippen LogP contribution in [-0.4, -0.2) is 17.0 Å². The van der Waals surface area contributed by atoms with E-state index in [-0.39, 0.29) is 11.5 Å². The molecule has 1 amide bonds. The Morgan fingerprint density at radius 1 is 1.10 bits per heavy atom. The molecule has 0 bridgehead atoms. The molecule has 20 heavy (non-hydrogen) atoms. The summed E-state index contributed by atoms with van der Waals surface area (Å²) in [5.41, 5.74) is 1.52. The van der Waals surface area contributed by atoms with Gasteiger partial charge >= 0.3 is 5.97 Å². The van der Waals surface area contributed by atoms with Crippen molar-refractivity contribution in [2.75, 3.05) is 5.32 Å². The Hall–Kier alpha value is -2.69. The SMILES string of the molecule is Cc1cc(F)ccc1C(=O)Nc1ccc(C(=O)O)cc1. The Labute approximate surface area is 114 Å². The second-order valence-electron chi connectivity index (χ2n) is 4.30. The molecule has 0 aliphatic rings. The molecule has 2 N–H and O–H groups in total. The Kier molecular flexibility index (Phi) is 3.79. The van der Waals surface area contributed by atoms with Gasteiger partial charge in [-0.25, -0.2) is 9.18 Å². The van der Waals surface area contributed by atoms with E-state index in [1.807, 2.05) is 0 Å². The molecule has 0 saturated carbocycles. The van der Waals surface area contributed by atoms with Crippen LogP contribution in [0.1, 0.15) is 26.3 Å². The fraction of sp³-hybridized carbons (Fsp3) is 0.0667. The lowest BCUT2D eigenvalue weighted by Gasteiger charge is -2.08. The van der Waals surface area contributed by atoms with Gasteiger partial charge in [0.15, 0.2) is 0 Å². The van der Waals surface area contributed by atoms with Crippen molar-refractivity contribution < 1.29 is 19.1 Å². The molecule has 0 heterocycles. The van der Waals surface area contributed by atoms with Gasteiger partial charge in [-0.3, -0.25) is 4.79 Å². The van der Waals surface area contributed by atoms with Crippen molar-refractivity contribution in [1.29, 1.82) is 0 Å². The van der Waals surface area contributed by atoms with Crippen LogP contribution in [-0.2, 0) is 0 Å². The number of nitrogens with one attached hydrogen (secondary N) is 1. The number of halogens is 1. The maximum Gasteiger partial charge on any atom is 0.335 e. The van der Waals surface area contributed by atoms with E-state index < -0.39 is 11.8 Å². The lowest BCUT2D eigenvalue weighted by atomic mass is 10.1. The number of amides is 1. The van der Waals surface area contributed by atoms with Crippen LogP contribution in [0.4, 0.5) is 10.1 Å². The first-order valence-corrected chi connectivity index (χ1v) is 5.88. The summed E-state index contributed by atoms with van der Waals surface area (Å²) >= 11 is 0. The van der Waals surface area contributed by atoms with Crippen LogP contribution >= 0.6 is 0 Å². The van der Waals surface area contributed by atoms with E-state index in [1.165, 1.54) is 42.5 Å². The van der Waals surface area contributed by atoms with Crippen molar-refractivity contribution in [2.45, 2.75) is 6.92 Å². The van der Waals surface area contributed by atoms with Crippen molar-refractivity contribution in [3.8, 4) is 0 Å². The third-order valence-corrected chi connectivity index (χ3v) is 2.82. The number of hydrogen-bond donors (Lipinski definition) is 2. The van der Waals surface area contributed by atoms with Gasteiger partial charge in [0.25, 0.3) is 5.91 Å². The van der Waals surface area contributed by atoms with Gasteiger partial charge in [-0.05, 0) is 55.0 Å². The molecule has 0 atom stereocenters. The van der Waals surface area contributed by atoms with Crippen LogP contribution in [0.5, 0.6) is 0 Å². The van der Waals surface area contributed by atoms with Gasteiger partial charge in [-0.1, -0.05) is 0 Å². The maximum absolute atomic E-state index is 13.0. The van der Waals surface area contributed by atoms with E-state index in [2.05, 4.69) is 5.32 Å². The molecule has 2 rings (SSSR count). The van der Waals surface area contributed by atoms with Crippen molar-refractivity contribution in [3.63, 3.8) is 0 Å². The minimum Gasteiger partial charge on any atom is -0.478 e. The number of carboxylic acids is 1. The summed E-state index contributed by atoms with van der Waals surface area (Å²) in [5, 5.41) is 11.4. The zero-order valence-electron chi connectivity index (χ0n) is 10.7. The normalized spacial score (nSPS) is 10.1. The van der Waals surface area contributed by atoms with Crippen LogP contribution in [0.15, 0.2) is 42.5 Å². The Bertz CT molecular complexity index is 665. The van der Waals surface area contributed by atoms with Crippen molar-refractivity contribution >= 4 is 17.6 Å². The van der Waals surface area contributed by atoms with Gasteiger partial charge < -0.3 is 10.4 Å². The lowest BCUT2D eigenvalue weighted by Crippen LogP contribution is -2.13. The molecule has 0 aliphatic carbocycles. The number of aromatic carboxylic acids is 1. The minimum absolute atomic E-state index is 0.140. The van der Waals surface area contributed by atoms with Crippen LogP contribution in [0.25, 0.3) is 0 Å². The standard InChI is InChI=1S/C15H12FNO3/c1-9-8-11(16)4-7-13(9)14(18)17-12-5-2-10(3-6-12)15(19)20/h2-8H,1H3,(H,17,18)(H,19,20). The van der Waals surface area contributed by atoms with Crippen LogP contribution in [0, 0.1) is 12.7 Å². The quantitative estimate of drug-likeness (QED) is 0.903.